The van der Waals surface area contributed by atoms with Crippen molar-refractivity contribution in [2.45, 2.75) is 19.4 Å². The van der Waals surface area contributed by atoms with Gasteiger partial charge in [-0.3, -0.25) is 4.79 Å². The maximum absolute atomic E-state index is 13.0. The van der Waals surface area contributed by atoms with E-state index in [4.69, 9.17) is 9.47 Å². The van der Waals surface area contributed by atoms with Crippen molar-refractivity contribution in [1.82, 2.24) is 0 Å². The SMILES string of the molecule is COC(Nc1ccccc1)=C1C(=O)C(C)(C)Oc2ccc(C#N)cc21. The van der Waals surface area contributed by atoms with E-state index < -0.39 is 5.60 Å². The van der Waals surface area contributed by atoms with Gasteiger partial charge in [0, 0.05) is 11.3 Å². The average Bonchev–Trinajstić information content (AvgIpc) is 2.62. The number of fused-ring (bicyclic) bond motifs is 1. The molecule has 1 N–H and O–H groups in total. The van der Waals surface area contributed by atoms with Crippen LogP contribution in [0.15, 0.2) is 54.4 Å². The lowest BCUT2D eigenvalue weighted by Gasteiger charge is -2.33. The highest BCUT2D eigenvalue weighted by molar-refractivity contribution is 6.27. The van der Waals surface area contributed by atoms with Gasteiger partial charge in [0.05, 0.1) is 24.3 Å². The number of nitriles is 1. The molecule has 0 saturated heterocycles. The molecule has 2 aromatic rings. The number of hydrogen-bond acceptors (Lipinski definition) is 5. The number of carbonyl (C=O) groups is 1. The van der Waals surface area contributed by atoms with Crippen LogP contribution in [0.2, 0.25) is 0 Å². The molecule has 5 heteroatoms. The van der Waals surface area contributed by atoms with E-state index in [9.17, 15) is 10.1 Å². The summed E-state index contributed by atoms with van der Waals surface area (Å²) in [6, 6.07) is 16.5. The zero-order chi connectivity index (χ0) is 18.0. The lowest BCUT2D eigenvalue weighted by Crippen LogP contribution is -2.42. The van der Waals surface area contributed by atoms with Crippen LogP contribution in [0.4, 0.5) is 5.69 Å². The van der Waals surface area contributed by atoms with Crippen LogP contribution in [0.5, 0.6) is 5.75 Å². The van der Waals surface area contributed by atoms with Gasteiger partial charge in [-0.15, -0.1) is 0 Å². The summed E-state index contributed by atoms with van der Waals surface area (Å²) in [6.45, 7) is 3.43. The molecule has 1 aliphatic heterocycles. The summed E-state index contributed by atoms with van der Waals surface area (Å²) in [7, 11) is 1.50. The number of nitrogens with one attached hydrogen (secondary N) is 1. The van der Waals surface area contributed by atoms with Gasteiger partial charge in [-0.1, -0.05) is 18.2 Å². The van der Waals surface area contributed by atoms with Gasteiger partial charge in [-0.25, -0.2) is 0 Å². The first-order valence-electron chi connectivity index (χ1n) is 7.85. The number of rotatable bonds is 3. The van der Waals surface area contributed by atoms with Gasteiger partial charge in [0.2, 0.25) is 11.7 Å². The molecule has 1 heterocycles. The molecule has 126 valence electrons. The van der Waals surface area contributed by atoms with Gasteiger partial charge in [0.25, 0.3) is 0 Å². The Morgan fingerprint density at radius 3 is 2.56 bits per heavy atom. The molecule has 25 heavy (non-hydrogen) atoms. The Labute approximate surface area is 146 Å². The van der Waals surface area contributed by atoms with Crippen molar-refractivity contribution in [1.29, 1.82) is 5.26 Å². The van der Waals surface area contributed by atoms with Gasteiger partial charge in [0.15, 0.2) is 5.60 Å². The average molecular weight is 334 g/mol. The first kappa shape index (κ1) is 16.6. The highest BCUT2D eigenvalue weighted by atomic mass is 16.5. The predicted molar refractivity (Wildman–Crippen MR) is 94.9 cm³/mol. The third-order valence-electron chi connectivity index (χ3n) is 3.98. The molecule has 0 spiro atoms. The molecule has 0 aromatic heterocycles. The summed E-state index contributed by atoms with van der Waals surface area (Å²) in [6.07, 6.45) is 0. The topological polar surface area (TPSA) is 71.3 Å². The van der Waals surface area contributed by atoms with Crippen molar-refractivity contribution in [2.75, 3.05) is 12.4 Å². The molecular weight excluding hydrogens is 316 g/mol. The van der Waals surface area contributed by atoms with Crippen LogP contribution in [0.25, 0.3) is 5.57 Å². The molecule has 5 nitrogen and oxygen atoms in total. The van der Waals surface area contributed by atoms with E-state index in [2.05, 4.69) is 11.4 Å². The van der Waals surface area contributed by atoms with E-state index in [0.717, 1.165) is 5.69 Å². The van der Waals surface area contributed by atoms with Gasteiger partial charge in [-0.2, -0.15) is 5.26 Å². The number of para-hydroxylation sites is 1. The summed E-state index contributed by atoms with van der Waals surface area (Å²) < 4.78 is 11.3. The molecule has 0 amide bonds. The number of hydrogen-bond donors (Lipinski definition) is 1. The van der Waals surface area contributed by atoms with Crippen LogP contribution in [-0.2, 0) is 9.53 Å². The van der Waals surface area contributed by atoms with Crippen LogP contribution in [0.3, 0.4) is 0 Å². The predicted octanol–water partition coefficient (Wildman–Crippen LogP) is 3.73. The Morgan fingerprint density at radius 1 is 1.20 bits per heavy atom. The Balaban J connectivity index is 2.20. The standard InChI is InChI=1S/C20H18N2O3/c1-20(2)18(23)17(15-11-13(12-21)9-10-16(15)25-20)19(24-3)22-14-7-5-4-6-8-14/h4-11,22H,1-3H3. The van der Waals surface area contributed by atoms with E-state index in [1.807, 2.05) is 30.3 Å². The Morgan fingerprint density at radius 2 is 1.92 bits per heavy atom. The van der Waals surface area contributed by atoms with Crippen LogP contribution in [-0.4, -0.2) is 18.5 Å². The largest absolute Gasteiger partial charge is 0.482 e. The number of nitrogens with zero attached hydrogens (tertiary/aromatic N) is 1. The minimum Gasteiger partial charge on any atom is -0.482 e. The monoisotopic (exact) mass is 334 g/mol. The van der Waals surface area contributed by atoms with Crippen molar-refractivity contribution in [2.24, 2.45) is 0 Å². The minimum atomic E-state index is -1.03. The Bertz CT molecular complexity index is 893. The fraction of sp³-hybridized carbons (Fsp3) is 0.200. The molecule has 0 unspecified atom stereocenters. The third kappa shape index (κ3) is 3.07. The Hall–Kier alpha value is -3.26. The van der Waals surface area contributed by atoms with Crippen molar-refractivity contribution in [3.05, 3.63) is 65.5 Å². The first-order valence-corrected chi connectivity index (χ1v) is 7.85. The number of Topliss-reactive ketones (excluding diaryl/α,β-unsaturated/α-hetero) is 1. The maximum atomic E-state index is 13.0. The number of ketones is 1. The number of ether oxygens (including phenoxy) is 2. The number of methoxy groups -OCH3 is 1. The lowest BCUT2D eigenvalue weighted by atomic mass is 9.87. The normalized spacial score (nSPS) is 17.0. The zero-order valence-corrected chi connectivity index (χ0v) is 14.3. The zero-order valence-electron chi connectivity index (χ0n) is 14.3. The summed E-state index contributed by atoms with van der Waals surface area (Å²) >= 11 is 0. The van der Waals surface area contributed by atoms with Crippen LogP contribution in [0, 0.1) is 11.3 Å². The summed E-state index contributed by atoms with van der Waals surface area (Å²) in [4.78, 5) is 13.0. The van der Waals surface area contributed by atoms with Gasteiger partial charge < -0.3 is 14.8 Å². The molecule has 0 saturated carbocycles. The molecule has 3 rings (SSSR count). The van der Waals surface area contributed by atoms with E-state index in [-0.39, 0.29) is 5.78 Å². The summed E-state index contributed by atoms with van der Waals surface area (Å²) in [5.74, 6) is 0.655. The van der Waals surface area contributed by atoms with Gasteiger partial charge in [0.1, 0.15) is 5.75 Å². The molecular formula is C20H18N2O3. The van der Waals surface area contributed by atoms with Gasteiger partial charge in [-0.05, 0) is 44.2 Å². The molecule has 0 atom stereocenters. The van der Waals surface area contributed by atoms with Crippen molar-refractivity contribution in [3.63, 3.8) is 0 Å². The van der Waals surface area contributed by atoms with Crippen LogP contribution < -0.4 is 10.1 Å². The quantitative estimate of drug-likeness (QED) is 0.684. The van der Waals surface area contributed by atoms with E-state index in [1.54, 1.807) is 32.0 Å². The fourth-order valence-electron chi connectivity index (χ4n) is 2.72. The second-order valence-corrected chi connectivity index (χ2v) is 6.16. The fourth-order valence-corrected chi connectivity index (χ4v) is 2.72. The summed E-state index contributed by atoms with van der Waals surface area (Å²) in [5, 5.41) is 12.3. The molecule has 2 aromatic carbocycles. The second-order valence-electron chi connectivity index (χ2n) is 6.16. The lowest BCUT2D eigenvalue weighted by molar-refractivity contribution is -0.126. The molecule has 0 radical (unpaired) electrons. The van der Waals surface area contributed by atoms with E-state index in [0.29, 0.717) is 28.3 Å². The highest BCUT2D eigenvalue weighted by Gasteiger charge is 2.41. The summed E-state index contributed by atoms with van der Waals surface area (Å²) in [5.41, 5.74) is 1.13. The molecule has 0 fully saturated rings. The van der Waals surface area contributed by atoms with Crippen molar-refractivity contribution < 1.29 is 14.3 Å². The number of benzene rings is 2. The van der Waals surface area contributed by atoms with Crippen molar-refractivity contribution >= 4 is 17.0 Å². The van der Waals surface area contributed by atoms with Crippen LogP contribution >= 0.6 is 0 Å². The highest BCUT2D eigenvalue weighted by Crippen LogP contribution is 2.40. The van der Waals surface area contributed by atoms with Crippen LogP contribution in [0.1, 0.15) is 25.0 Å². The minimum absolute atomic E-state index is 0.213. The van der Waals surface area contributed by atoms with Crippen molar-refractivity contribution in [3.8, 4) is 11.8 Å². The number of carbonyl (C=O) groups excluding carboxylic acids is 1. The first-order chi connectivity index (χ1) is 12.0. The van der Waals surface area contributed by atoms with E-state index >= 15 is 0 Å². The van der Waals surface area contributed by atoms with E-state index in [1.165, 1.54) is 7.11 Å². The third-order valence-corrected chi connectivity index (χ3v) is 3.98. The second kappa shape index (κ2) is 6.33. The Kier molecular flexibility index (Phi) is 4.20. The smallest absolute Gasteiger partial charge is 0.211 e. The van der Waals surface area contributed by atoms with Gasteiger partial charge >= 0.3 is 0 Å². The molecule has 0 aliphatic carbocycles. The molecule has 1 aliphatic rings. The molecule has 0 bridgehead atoms. The number of anilines is 1. The maximum Gasteiger partial charge on any atom is 0.211 e.